The van der Waals surface area contributed by atoms with Crippen LogP contribution in [0.3, 0.4) is 0 Å². The molecule has 9 nitrogen and oxygen atoms in total. The van der Waals surface area contributed by atoms with Crippen molar-refractivity contribution in [1.29, 1.82) is 0 Å². The molecule has 0 unspecified atom stereocenters. The summed E-state index contributed by atoms with van der Waals surface area (Å²) in [6.45, 7) is 3.01. The van der Waals surface area contributed by atoms with Crippen molar-refractivity contribution in [2.24, 2.45) is 0 Å². The number of likely N-dealkylation sites (tertiary alicyclic amines) is 1. The van der Waals surface area contributed by atoms with Crippen LogP contribution in [0, 0.1) is 0 Å². The van der Waals surface area contributed by atoms with Gasteiger partial charge in [0, 0.05) is 44.0 Å². The number of carboxylic acid groups (broad SMARTS) is 1. The Morgan fingerprint density at radius 1 is 0.886 bits per heavy atom. The minimum atomic E-state index is -4.81. The lowest BCUT2D eigenvalue weighted by Crippen LogP contribution is -2.54. The zero-order chi connectivity index (χ0) is 31.3. The normalized spacial score (nSPS) is 16.8. The number of amides is 3. The highest BCUT2D eigenvalue weighted by Gasteiger charge is 2.51. The Bertz CT molecular complexity index is 1460. The van der Waals surface area contributed by atoms with Crippen molar-refractivity contribution in [2.75, 3.05) is 31.1 Å². The molecule has 2 aliphatic heterocycles. The van der Waals surface area contributed by atoms with Crippen molar-refractivity contribution in [3.05, 3.63) is 95.6 Å². The maximum Gasteiger partial charge on any atom is 0.573 e. The Kier molecular flexibility index (Phi) is 9.09. The quantitative estimate of drug-likeness (QED) is 0.325. The van der Waals surface area contributed by atoms with Crippen LogP contribution in [0.4, 0.5) is 23.7 Å². The predicted octanol–water partition coefficient (Wildman–Crippen LogP) is 5.27. The van der Waals surface area contributed by atoms with Crippen LogP contribution in [0.1, 0.15) is 40.7 Å². The lowest BCUT2D eigenvalue weighted by molar-refractivity contribution is -0.274. The van der Waals surface area contributed by atoms with Crippen LogP contribution in [0.15, 0.2) is 78.9 Å². The molecule has 0 aromatic heterocycles. The molecule has 0 radical (unpaired) electrons. The number of nitrogens with one attached hydrogen (secondary N) is 1. The summed E-state index contributed by atoms with van der Waals surface area (Å²) in [5.41, 5.74) is 2.36. The van der Waals surface area contributed by atoms with Crippen molar-refractivity contribution in [1.82, 2.24) is 15.1 Å². The number of benzene rings is 3. The number of urea groups is 1. The first kappa shape index (κ1) is 30.9. The second kappa shape index (κ2) is 13.0. The fourth-order valence-corrected chi connectivity index (χ4v) is 5.79. The van der Waals surface area contributed by atoms with E-state index in [1.165, 1.54) is 29.8 Å². The SMILES string of the molecule is O=C(O)CCNC(=O)c1ccc(CN2C(=O)N(c3ccc(OC(F)(F)F)cc3)CC23CCN(Cc2ccccc2)CC3)cc1. The Labute approximate surface area is 252 Å². The third kappa shape index (κ3) is 7.49. The van der Waals surface area contributed by atoms with Gasteiger partial charge in [-0.3, -0.25) is 19.4 Å². The van der Waals surface area contributed by atoms with Gasteiger partial charge in [-0.15, -0.1) is 13.2 Å². The van der Waals surface area contributed by atoms with Gasteiger partial charge in [0.2, 0.25) is 0 Å². The van der Waals surface area contributed by atoms with Crippen LogP contribution in [0.2, 0.25) is 0 Å². The van der Waals surface area contributed by atoms with Gasteiger partial charge in [0.15, 0.2) is 0 Å². The third-order valence-corrected chi connectivity index (χ3v) is 8.09. The van der Waals surface area contributed by atoms with Crippen LogP contribution in [0.5, 0.6) is 5.75 Å². The molecule has 0 aliphatic carbocycles. The van der Waals surface area contributed by atoms with Crippen LogP contribution in [-0.2, 0) is 17.9 Å². The van der Waals surface area contributed by atoms with Gasteiger partial charge in [-0.05, 0) is 60.4 Å². The number of rotatable bonds is 10. The van der Waals surface area contributed by atoms with Gasteiger partial charge in [0.1, 0.15) is 5.75 Å². The summed E-state index contributed by atoms with van der Waals surface area (Å²) in [7, 11) is 0. The van der Waals surface area contributed by atoms with Gasteiger partial charge in [0.25, 0.3) is 5.91 Å². The number of carbonyl (C=O) groups is 3. The van der Waals surface area contributed by atoms with Gasteiger partial charge in [-0.2, -0.15) is 0 Å². The van der Waals surface area contributed by atoms with Crippen LogP contribution >= 0.6 is 0 Å². The number of hydrogen-bond donors (Lipinski definition) is 2. The first-order valence-corrected chi connectivity index (χ1v) is 14.3. The minimum absolute atomic E-state index is 0.0150. The molecule has 44 heavy (non-hydrogen) atoms. The Morgan fingerprint density at radius 3 is 2.14 bits per heavy atom. The van der Waals surface area contributed by atoms with Crippen molar-refractivity contribution >= 4 is 23.6 Å². The van der Waals surface area contributed by atoms with E-state index >= 15 is 0 Å². The fourth-order valence-electron chi connectivity index (χ4n) is 5.79. The highest BCUT2D eigenvalue weighted by Crippen LogP contribution is 2.40. The Morgan fingerprint density at radius 2 is 1.52 bits per heavy atom. The third-order valence-electron chi connectivity index (χ3n) is 8.09. The van der Waals surface area contributed by atoms with Gasteiger partial charge >= 0.3 is 18.4 Å². The number of hydrogen-bond acceptors (Lipinski definition) is 5. The number of aliphatic carboxylic acids is 1. The number of carbonyl (C=O) groups excluding carboxylic acids is 2. The summed E-state index contributed by atoms with van der Waals surface area (Å²) in [5, 5.41) is 11.4. The molecule has 5 rings (SSSR count). The van der Waals surface area contributed by atoms with E-state index in [0.29, 0.717) is 30.6 Å². The molecule has 12 heteroatoms. The lowest BCUT2D eigenvalue weighted by atomic mass is 9.86. The molecule has 2 fully saturated rings. The van der Waals surface area contributed by atoms with E-state index in [9.17, 15) is 27.6 Å². The van der Waals surface area contributed by atoms with E-state index in [1.807, 2.05) is 23.1 Å². The Balaban J connectivity index is 1.33. The van der Waals surface area contributed by atoms with Gasteiger partial charge < -0.3 is 20.1 Å². The van der Waals surface area contributed by atoms with E-state index in [4.69, 9.17) is 5.11 Å². The maximum absolute atomic E-state index is 13.9. The zero-order valence-corrected chi connectivity index (χ0v) is 23.9. The van der Waals surface area contributed by atoms with E-state index in [0.717, 1.165) is 25.2 Å². The number of carboxylic acids is 1. The average molecular weight is 611 g/mol. The van der Waals surface area contributed by atoms with E-state index < -0.39 is 17.9 Å². The number of ether oxygens (including phenoxy) is 1. The van der Waals surface area contributed by atoms with E-state index in [-0.39, 0.29) is 37.2 Å². The van der Waals surface area contributed by atoms with Crippen molar-refractivity contribution in [3.63, 3.8) is 0 Å². The number of piperidine rings is 1. The molecule has 3 aromatic carbocycles. The fraction of sp³-hybridized carbons (Fsp3) is 0.344. The molecule has 2 aliphatic rings. The Hall–Kier alpha value is -4.58. The average Bonchev–Trinajstić information content (AvgIpc) is 3.25. The molecule has 2 saturated heterocycles. The number of halogens is 3. The summed E-state index contributed by atoms with van der Waals surface area (Å²) in [6.07, 6.45) is -3.57. The summed E-state index contributed by atoms with van der Waals surface area (Å²) < 4.78 is 42.1. The summed E-state index contributed by atoms with van der Waals surface area (Å²) in [5.74, 6) is -1.75. The maximum atomic E-state index is 13.9. The molecule has 0 bridgehead atoms. The van der Waals surface area contributed by atoms with Crippen molar-refractivity contribution < 1.29 is 37.4 Å². The number of anilines is 1. The molecular weight excluding hydrogens is 577 g/mol. The summed E-state index contributed by atoms with van der Waals surface area (Å²) >= 11 is 0. The molecule has 232 valence electrons. The first-order chi connectivity index (χ1) is 21.0. The minimum Gasteiger partial charge on any atom is -0.481 e. The topological polar surface area (TPSA) is 102 Å². The molecule has 0 saturated carbocycles. The zero-order valence-electron chi connectivity index (χ0n) is 23.9. The second-order valence-corrected chi connectivity index (χ2v) is 11.1. The van der Waals surface area contributed by atoms with Crippen LogP contribution in [0.25, 0.3) is 0 Å². The molecule has 2 heterocycles. The number of nitrogens with zero attached hydrogens (tertiary/aromatic N) is 3. The van der Waals surface area contributed by atoms with E-state index in [1.54, 1.807) is 29.2 Å². The molecule has 3 aromatic rings. The van der Waals surface area contributed by atoms with Crippen LogP contribution in [-0.4, -0.2) is 70.9 Å². The molecular formula is C32H33F3N4O5. The van der Waals surface area contributed by atoms with Gasteiger partial charge in [0.05, 0.1) is 18.5 Å². The van der Waals surface area contributed by atoms with E-state index in [2.05, 4.69) is 27.1 Å². The lowest BCUT2D eigenvalue weighted by Gasteiger charge is -2.44. The summed E-state index contributed by atoms with van der Waals surface area (Å²) in [6, 6.07) is 22.0. The smallest absolute Gasteiger partial charge is 0.481 e. The molecule has 2 N–H and O–H groups in total. The van der Waals surface area contributed by atoms with Gasteiger partial charge in [-0.25, -0.2) is 4.79 Å². The standard InChI is InChI=1S/C32H33F3N4O5/c33-32(34,35)44-27-12-10-26(11-13-27)38-22-31(15-18-37(19-16-31)20-23-4-2-1-3-5-23)39(30(38)43)21-24-6-8-25(9-7-24)29(42)36-17-14-28(40)41/h1-13H,14-22H2,(H,36,42)(H,40,41). The largest absolute Gasteiger partial charge is 0.573 e. The monoisotopic (exact) mass is 610 g/mol. The second-order valence-electron chi connectivity index (χ2n) is 11.1. The predicted molar refractivity (Wildman–Crippen MR) is 156 cm³/mol. The molecule has 3 amide bonds. The molecule has 1 spiro atoms. The highest BCUT2D eigenvalue weighted by atomic mass is 19.4. The van der Waals surface area contributed by atoms with Crippen molar-refractivity contribution in [3.8, 4) is 5.75 Å². The number of alkyl halides is 3. The highest BCUT2D eigenvalue weighted by molar-refractivity contribution is 5.96. The van der Waals surface area contributed by atoms with Crippen LogP contribution < -0.4 is 15.0 Å². The first-order valence-electron chi connectivity index (χ1n) is 14.3. The van der Waals surface area contributed by atoms with Crippen molar-refractivity contribution in [2.45, 2.75) is 44.3 Å². The van der Waals surface area contributed by atoms with Gasteiger partial charge in [-0.1, -0.05) is 42.5 Å². The molecule has 0 atom stereocenters. The summed E-state index contributed by atoms with van der Waals surface area (Å²) in [4.78, 5) is 42.8.